The van der Waals surface area contributed by atoms with Gasteiger partial charge in [0.2, 0.25) is 11.2 Å². The predicted octanol–water partition coefficient (Wildman–Crippen LogP) is 7.24. The molecule has 4 aromatic rings. The van der Waals surface area contributed by atoms with Crippen LogP contribution in [-0.4, -0.2) is 12.5 Å². The Morgan fingerprint density at radius 2 is 1.75 bits per heavy atom. The first kappa shape index (κ1) is 25.4. The molecule has 36 heavy (non-hydrogen) atoms. The molecule has 0 saturated heterocycles. The Labute approximate surface area is 212 Å². The SMILES string of the molecule is Cc1c(Cl)cccc1NC(=O)COc1ccc2c(=O)c(Oc3ccccc3Cl)c(C(F)(F)F)oc2c1. The van der Waals surface area contributed by atoms with Crippen LogP contribution < -0.4 is 20.2 Å². The minimum absolute atomic E-state index is 0.0107. The van der Waals surface area contributed by atoms with Crippen LogP contribution in [0.2, 0.25) is 10.0 Å². The lowest BCUT2D eigenvalue weighted by Gasteiger charge is -2.14. The highest BCUT2D eigenvalue weighted by atomic mass is 35.5. The van der Waals surface area contributed by atoms with E-state index in [1.54, 1.807) is 31.2 Å². The maximum absolute atomic E-state index is 13.7. The van der Waals surface area contributed by atoms with Crippen LogP contribution in [0.4, 0.5) is 18.9 Å². The number of carbonyl (C=O) groups is 1. The monoisotopic (exact) mass is 537 g/mol. The van der Waals surface area contributed by atoms with Crippen LogP contribution in [0.1, 0.15) is 11.3 Å². The number of fused-ring (bicyclic) bond motifs is 1. The van der Waals surface area contributed by atoms with Crippen molar-refractivity contribution in [2.75, 3.05) is 11.9 Å². The molecule has 0 aliphatic heterocycles. The van der Waals surface area contributed by atoms with Gasteiger partial charge in [0.1, 0.15) is 17.1 Å². The van der Waals surface area contributed by atoms with E-state index in [1.165, 1.54) is 30.3 Å². The van der Waals surface area contributed by atoms with Crippen molar-refractivity contribution in [3.05, 3.63) is 92.3 Å². The van der Waals surface area contributed by atoms with Crippen LogP contribution in [0.3, 0.4) is 0 Å². The van der Waals surface area contributed by atoms with Crippen LogP contribution in [0, 0.1) is 6.92 Å². The first-order valence-electron chi connectivity index (χ1n) is 10.3. The number of benzene rings is 3. The second-order valence-corrected chi connectivity index (χ2v) is 8.34. The standard InChI is InChI=1S/C25H16Cl2F3NO5/c1-13-16(26)6-4-7-18(13)31-21(32)12-34-14-9-10-15-20(11-14)36-24(25(28,29)30)23(22(15)33)35-19-8-3-2-5-17(19)27/h2-11H,12H2,1H3,(H,31,32). The van der Waals surface area contributed by atoms with Gasteiger partial charge in [0.25, 0.3) is 11.7 Å². The Morgan fingerprint density at radius 3 is 2.47 bits per heavy atom. The Balaban J connectivity index is 1.61. The number of anilines is 1. The van der Waals surface area contributed by atoms with Crippen LogP contribution in [0.15, 0.2) is 69.9 Å². The number of alkyl halides is 3. The lowest BCUT2D eigenvalue weighted by atomic mass is 10.2. The summed E-state index contributed by atoms with van der Waals surface area (Å²) in [5, 5.41) is 2.93. The molecular formula is C25H16Cl2F3NO5. The molecule has 0 spiro atoms. The van der Waals surface area contributed by atoms with E-state index < -0.39 is 41.2 Å². The molecule has 1 N–H and O–H groups in total. The topological polar surface area (TPSA) is 77.8 Å². The molecule has 1 amide bonds. The molecule has 0 radical (unpaired) electrons. The highest BCUT2D eigenvalue weighted by Crippen LogP contribution is 2.39. The van der Waals surface area contributed by atoms with Crippen molar-refractivity contribution < 1.29 is 31.9 Å². The second-order valence-electron chi connectivity index (χ2n) is 7.53. The van der Waals surface area contributed by atoms with Crippen molar-refractivity contribution in [2.45, 2.75) is 13.1 Å². The zero-order chi connectivity index (χ0) is 26.0. The highest BCUT2D eigenvalue weighted by Gasteiger charge is 2.40. The third-order valence-corrected chi connectivity index (χ3v) is 5.76. The molecule has 0 aliphatic carbocycles. The first-order valence-corrected chi connectivity index (χ1v) is 11.1. The minimum Gasteiger partial charge on any atom is -0.484 e. The summed E-state index contributed by atoms with van der Waals surface area (Å²) in [5.41, 5.74) is -0.303. The van der Waals surface area contributed by atoms with Crippen molar-refractivity contribution in [3.8, 4) is 17.2 Å². The van der Waals surface area contributed by atoms with Crippen molar-refractivity contribution in [2.24, 2.45) is 0 Å². The van der Waals surface area contributed by atoms with E-state index in [2.05, 4.69) is 5.32 Å². The number of nitrogens with one attached hydrogen (secondary N) is 1. The average Bonchev–Trinajstić information content (AvgIpc) is 2.83. The van der Waals surface area contributed by atoms with Gasteiger partial charge in [-0.15, -0.1) is 0 Å². The average molecular weight is 538 g/mol. The predicted molar refractivity (Wildman–Crippen MR) is 129 cm³/mol. The van der Waals surface area contributed by atoms with Gasteiger partial charge < -0.3 is 19.2 Å². The maximum Gasteiger partial charge on any atom is 0.453 e. The Kier molecular flexibility index (Phi) is 7.14. The Morgan fingerprint density at radius 1 is 1.03 bits per heavy atom. The van der Waals surface area contributed by atoms with Gasteiger partial charge in [-0.2, -0.15) is 13.2 Å². The van der Waals surface area contributed by atoms with Crippen molar-refractivity contribution in [1.29, 1.82) is 0 Å². The van der Waals surface area contributed by atoms with E-state index in [0.717, 1.165) is 6.07 Å². The molecule has 3 aromatic carbocycles. The molecule has 1 heterocycles. The molecule has 0 bridgehead atoms. The molecule has 0 saturated carbocycles. The number of hydrogen-bond donors (Lipinski definition) is 1. The van der Waals surface area contributed by atoms with Gasteiger partial charge in [0.05, 0.1) is 10.4 Å². The number of halogens is 5. The van der Waals surface area contributed by atoms with Gasteiger partial charge in [-0.05, 0) is 48.9 Å². The largest absolute Gasteiger partial charge is 0.484 e. The summed E-state index contributed by atoms with van der Waals surface area (Å²) < 4.78 is 56.9. The summed E-state index contributed by atoms with van der Waals surface area (Å²) in [7, 11) is 0. The fraction of sp³-hybridized carbons (Fsp3) is 0.120. The van der Waals surface area contributed by atoms with E-state index in [1.807, 2.05) is 0 Å². The first-order chi connectivity index (χ1) is 17.0. The van der Waals surface area contributed by atoms with Gasteiger partial charge in [-0.1, -0.05) is 41.4 Å². The van der Waals surface area contributed by atoms with E-state index in [9.17, 15) is 22.8 Å². The molecule has 0 fully saturated rings. The lowest BCUT2D eigenvalue weighted by Crippen LogP contribution is -2.20. The lowest BCUT2D eigenvalue weighted by molar-refractivity contribution is -0.154. The molecule has 0 atom stereocenters. The summed E-state index contributed by atoms with van der Waals surface area (Å²) in [4.78, 5) is 25.2. The Bertz CT molecular complexity index is 1520. The van der Waals surface area contributed by atoms with E-state index in [4.69, 9.17) is 37.1 Å². The van der Waals surface area contributed by atoms with Gasteiger partial charge >= 0.3 is 6.18 Å². The number of hydrogen-bond acceptors (Lipinski definition) is 5. The van der Waals surface area contributed by atoms with E-state index >= 15 is 0 Å². The fourth-order valence-electron chi connectivity index (χ4n) is 3.24. The van der Waals surface area contributed by atoms with Gasteiger partial charge in [-0.3, -0.25) is 9.59 Å². The van der Waals surface area contributed by atoms with Gasteiger partial charge in [-0.25, -0.2) is 0 Å². The molecule has 186 valence electrons. The minimum atomic E-state index is -5.05. The molecule has 0 aliphatic rings. The third-order valence-electron chi connectivity index (χ3n) is 5.04. The molecule has 6 nitrogen and oxygen atoms in total. The molecule has 1 aromatic heterocycles. The van der Waals surface area contributed by atoms with Crippen molar-refractivity contribution in [3.63, 3.8) is 0 Å². The number of para-hydroxylation sites is 1. The molecule has 11 heteroatoms. The zero-order valence-corrected chi connectivity index (χ0v) is 19.9. The smallest absolute Gasteiger partial charge is 0.453 e. The van der Waals surface area contributed by atoms with Crippen molar-refractivity contribution in [1.82, 2.24) is 0 Å². The highest BCUT2D eigenvalue weighted by molar-refractivity contribution is 6.32. The molecule has 0 unspecified atom stereocenters. The summed E-state index contributed by atoms with van der Waals surface area (Å²) in [6.45, 7) is 1.27. The van der Waals surface area contributed by atoms with Gasteiger partial charge in [0, 0.05) is 16.8 Å². The summed E-state index contributed by atoms with van der Waals surface area (Å²) in [5.74, 6) is -3.34. The van der Waals surface area contributed by atoms with Crippen LogP contribution >= 0.6 is 23.2 Å². The van der Waals surface area contributed by atoms with Crippen LogP contribution in [0.5, 0.6) is 17.2 Å². The maximum atomic E-state index is 13.7. The zero-order valence-electron chi connectivity index (χ0n) is 18.4. The third kappa shape index (κ3) is 5.42. The van der Waals surface area contributed by atoms with Gasteiger partial charge in [0.15, 0.2) is 6.61 Å². The summed E-state index contributed by atoms with van der Waals surface area (Å²) in [6, 6.07) is 14.4. The van der Waals surface area contributed by atoms with E-state index in [-0.39, 0.29) is 21.9 Å². The fourth-order valence-corrected chi connectivity index (χ4v) is 3.59. The Hall–Kier alpha value is -3.69. The van der Waals surface area contributed by atoms with Crippen LogP contribution in [0.25, 0.3) is 11.0 Å². The van der Waals surface area contributed by atoms with Crippen LogP contribution in [-0.2, 0) is 11.0 Å². The number of amides is 1. The number of rotatable bonds is 6. The summed E-state index contributed by atoms with van der Waals surface area (Å²) >= 11 is 12.0. The molecular weight excluding hydrogens is 522 g/mol. The van der Waals surface area contributed by atoms with E-state index in [0.29, 0.717) is 16.3 Å². The quantitative estimate of drug-likeness (QED) is 0.280. The normalized spacial score (nSPS) is 11.4. The summed E-state index contributed by atoms with van der Waals surface area (Å²) in [6.07, 6.45) is -5.05. The molecule has 4 rings (SSSR count). The second kappa shape index (κ2) is 10.1. The number of carbonyl (C=O) groups excluding carboxylic acids is 1. The number of ether oxygens (including phenoxy) is 2. The van der Waals surface area contributed by atoms with Crippen molar-refractivity contribution >= 4 is 45.8 Å².